The van der Waals surface area contributed by atoms with Crippen LogP contribution in [0.1, 0.15) is 29.9 Å². The van der Waals surface area contributed by atoms with E-state index >= 15 is 0 Å². The van der Waals surface area contributed by atoms with Gasteiger partial charge in [0.15, 0.2) is 0 Å². The van der Waals surface area contributed by atoms with Gasteiger partial charge in [0.1, 0.15) is 0 Å². The second-order valence-electron chi connectivity index (χ2n) is 6.90. The summed E-state index contributed by atoms with van der Waals surface area (Å²) in [7, 11) is 1.91. The van der Waals surface area contributed by atoms with Crippen LogP contribution >= 0.6 is 28.3 Å². The fourth-order valence-electron chi connectivity index (χ4n) is 3.64. The van der Waals surface area contributed by atoms with Crippen molar-refractivity contribution in [2.24, 2.45) is 13.0 Å². The molecule has 2 aliphatic rings. The molecule has 0 radical (unpaired) electrons. The maximum atomic E-state index is 12.9. The molecule has 134 valence electrons. The Labute approximate surface area is 162 Å². The zero-order valence-electron chi connectivity index (χ0n) is 14.0. The van der Waals surface area contributed by atoms with E-state index in [1.54, 1.807) is 4.68 Å². The lowest BCUT2D eigenvalue weighted by atomic mass is 9.89. The van der Waals surface area contributed by atoms with Gasteiger partial charge >= 0.3 is 0 Å². The number of halogens is 2. The van der Waals surface area contributed by atoms with E-state index in [1.165, 1.54) is 5.56 Å². The van der Waals surface area contributed by atoms with Crippen LogP contribution in [0.15, 0.2) is 41.1 Å². The van der Waals surface area contributed by atoms with Gasteiger partial charge < -0.3 is 10.6 Å². The number of aromatic nitrogens is 2. The number of aryl methyl sites for hydroxylation is 1. The van der Waals surface area contributed by atoms with Gasteiger partial charge in [0.05, 0.1) is 17.7 Å². The highest BCUT2D eigenvalue weighted by Gasteiger charge is 2.47. The number of hydrogen-bond acceptors (Lipinski definition) is 3. The summed E-state index contributed by atoms with van der Waals surface area (Å²) in [6.07, 6.45) is 5.91. The van der Waals surface area contributed by atoms with Crippen LogP contribution in [0.3, 0.4) is 0 Å². The Kier molecular flexibility index (Phi) is 5.23. The number of rotatable bonds is 4. The average Bonchev–Trinajstić information content (AvgIpc) is 2.98. The maximum absolute atomic E-state index is 12.9. The summed E-state index contributed by atoms with van der Waals surface area (Å²) < 4.78 is 2.86. The van der Waals surface area contributed by atoms with Crippen molar-refractivity contribution in [3.8, 4) is 0 Å². The van der Waals surface area contributed by atoms with E-state index in [0.717, 1.165) is 36.0 Å². The number of hydrogen-bond donors (Lipinski definition) is 2. The summed E-state index contributed by atoms with van der Waals surface area (Å²) in [5.74, 6) is 0.302. The van der Waals surface area contributed by atoms with Crippen molar-refractivity contribution >= 4 is 34.2 Å². The molecule has 0 unspecified atom stereocenters. The van der Waals surface area contributed by atoms with Crippen molar-refractivity contribution in [2.45, 2.75) is 24.3 Å². The third-order valence-corrected chi connectivity index (χ3v) is 5.74. The molecular formula is C18H22BrClN4O. The first kappa shape index (κ1) is 18.4. The van der Waals surface area contributed by atoms with Crippen LogP contribution in [0.4, 0.5) is 0 Å². The molecule has 1 aromatic heterocycles. The summed E-state index contributed by atoms with van der Waals surface area (Å²) in [5, 5.41) is 10.9. The number of benzene rings is 1. The molecule has 5 nitrogen and oxygen atoms in total. The Morgan fingerprint density at radius 3 is 2.64 bits per heavy atom. The number of carbonyl (C=O) groups excluding carboxylic acids is 1. The van der Waals surface area contributed by atoms with Gasteiger partial charge in [0.2, 0.25) is 5.91 Å². The smallest absolute Gasteiger partial charge is 0.225 e. The molecule has 7 heteroatoms. The minimum atomic E-state index is -0.167. The highest BCUT2D eigenvalue weighted by atomic mass is 79.9. The standard InChI is InChI=1S/C18H21BrN4O.ClH/c1-23-11-12(8-21-23)15-9-20-10-16(15)17(24)22-18(6-7-18)13-2-4-14(19)5-3-13;/h2-5,8,11,15-16,20H,6-7,9-10H2,1H3,(H,22,24);1H/t15-,16+;/m1./s1. The Bertz CT molecular complexity index is 757. The fraction of sp³-hybridized carbons (Fsp3) is 0.444. The van der Waals surface area contributed by atoms with Gasteiger partial charge in [-0.05, 0) is 36.1 Å². The Balaban J connectivity index is 0.00000182. The minimum absolute atomic E-state index is 0. The van der Waals surface area contributed by atoms with Crippen LogP contribution < -0.4 is 10.6 Å². The van der Waals surface area contributed by atoms with E-state index in [-0.39, 0.29) is 35.7 Å². The minimum Gasteiger partial charge on any atom is -0.346 e. The molecule has 2 aromatic rings. The summed E-state index contributed by atoms with van der Waals surface area (Å²) in [6.45, 7) is 1.55. The zero-order chi connectivity index (χ0) is 16.7. The molecule has 1 saturated carbocycles. The molecule has 4 rings (SSSR count). The Morgan fingerprint density at radius 2 is 2.04 bits per heavy atom. The van der Waals surface area contributed by atoms with E-state index in [0.29, 0.717) is 0 Å². The van der Waals surface area contributed by atoms with Crippen molar-refractivity contribution in [3.05, 3.63) is 52.3 Å². The average molecular weight is 426 g/mol. The molecule has 2 atom stereocenters. The van der Waals surface area contributed by atoms with Gasteiger partial charge in [0, 0.05) is 36.7 Å². The Hall–Kier alpha value is -1.37. The molecular weight excluding hydrogens is 404 g/mol. The first-order chi connectivity index (χ1) is 11.6. The summed E-state index contributed by atoms with van der Waals surface area (Å²) in [5.41, 5.74) is 2.17. The van der Waals surface area contributed by atoms with Crippen LogP contribution in [0, 0.1) is 5.92 Å². The van der Waals surface area contributed by atoms with E-state index in [9.17, 15) is 4.79 Å². The predicted molar refractivity (Wildman–Crippen MR) is 103 cm³/mol. The molecule has 0 bridgehead atoms. The quantitative estimate of drug-likeness (QED) is 0.792. The fourth-order valence-corrected chi connectivity index (χ4v) is 3.91. The van der Waals surface area contributed by atoms with Crippen molar-refractivity contribution in [1.82, 2.24) is 20.4 Å². The summed E-state index contributed by atoms with van der Waals surface area (Å²) in [6, 6.07) is 8.28. The molecule has 25 heavy (non-hydrogen) atoms. The second-order valence-corrected chi connectivity index (χ2v) is 7.81. The van der Waals surface area contributed by atoms with E-state index < -0.39 is 0 Å². The van der Waals surface area contributed by atoms with Crippen LogP contribution in [-0.4, -0.2) is 28.8 Å². The Morgan fingerprint density at radius 1 is 1.32 bits per heavy atom. The molecule has 0 spiro atoms. The zero-order valence-corrected chi connectivity index (χ0v) is 16.4. The molecule has 2 N–H and O–H groups in total. The van der Waals surface area contributed by atoms with E-state index in [1.807, 2.05) is 31.6 Å². The van der Waals surface area contributed by atoms with Crippen molar-refractivity contribution < 1.29 is 4.79 Å². The van der Waals surface area contributed by atoms with Gasteiger partial charge in [-0.1, -0.05) is 28.1 Å². The number of nitrogens with zero attached hydrogens (tertiary/aromatic N) is 2. The lowest BCUT2D eigenvalue weighted by molar-refractivity contribution is -0.125. The van der Waals surface area contributed by atoms with Crippen LogP contribution in [0.2, 0.25) is 0 Å². The SMILES string of the molecule is Cl.Cn1cc([C@H]2CNC[C@@H]2C(=O)NC2(c3ccc(Br)cc3)CC2)cn1. The van der Waals surface area contributed by atoms with Gasteiger partial charge in [-0.2, -0.15) is 5.10 Å². The van der Waals surface area contributed by atoms with E-state index in [2.05, 4.69) is 43.8 Å². The third-order valence-electron chi connectivity index (χ3n) is 5.21. The molecule has 1 aliphatic heterocycles. The van der Waals surface area contributed by atoms with Gasteiger partial charge in [-0.15, -0.1) is 12.4 Å². The number of nitrogens with one attached hydrogen (secondary N) is 2. The molecule has 2 fully saturated rings. The van der Waals surface area contributed by atoms with Crippen LogP contribution in [0.5, 0.6) is 0 Å². The van der Waals surface area contributed by atoms with Crippen LogP contribution in [-0.2, 0) is 17.4 Å². The summed E-state index contributed by atoms with van der Waals surface area (Å²) in [4.78, 5) is 12.9. The highest BCUT2D eigenvalue weighted by molar-refractivity contribution is 9.10. The van der Waals surface area contributed by atoms with Crippen molar-refractivity contribution in [1.29, 1.82) is 0 Å². The predicted octanol–water partition coefficient (Wildman–Crippen LogP) is 2.71. The lowest BCUT2D eigenvalue weighted by Crippen LogP contribution is -2.41. The molecule has 1 aromatic carbocycles. The highest BCUT2D eigenvalue weighted by Crippen LogP contribution is 2.46. The molecule has 1 amide bonds. The van der Waals surface area contributed by atoms with Gasteiger partial charge in [0.25, 0.3) is 0 Å². The van der Waals surface area contributed by atoms with E-state index in [4.69, 9.17) is 0 Å². The lowest BCUT2D eigenvalue weighted by Gasteiger charge is -2.23. The number of carbonyl (C=O) groups is 1. The van der Waals surface area contributed by atoms with Gasteiger partial charge in [-0.3, -0.25) is 9.48 Å². The first-order valence-corrected chi connectivity index (χ1v) is 9.14. The number of amides is 1. The maximum Gasteiger partial charge on any atom is 0.225 e. The van der Waals surface area contributed by atoms with Gasteiger partial charge in [-0.25, -0.2) is 0 Å². The summed E-state index contributed by atoms with van der Waals surface area (Å²) >= 11 is 3.47. The largest absolute Gasteiger partial charge is 0.346 e. The normalized spacial score (nSPS) is 23.8. The third kappa shape index (κ3) is 3.61. The topological polar surface area (TPSA) is 59.0 Å². The molecule has 1 saturated heterocycles. The van der Waals surface area contributed by atoms with Crippen molar-refractivity contribution in [2.75, 3.05) is 13.1 Å². The monoisotopic (exact) mass is 424 g/mol. The van der Waals surface area contributed by atoms with Crippen LogP contribution in [0.25, 0.3) is 0 Å². The molecule has 2 heterocycles. The van der Waals surface area contributed by atoms with Crippen molar-refractivity contribution in [3.63, 3.8) is 0 Å². The first-order valence-electron chi connectivity index (χ1n) is 8.35. The second kappa shape index (κ2) is 7.09. The molecule has 1 aliphatic carbocycles.